The fourth-order valence-corrected chi connectivity index (χ4v) is 2.11. The van der Waals surface area contributed by atoms with Crippen molar-refractivity contribution in [2.45, 2.75) is 18.6 Å². The molecule has 0 fully saturated rings. The highest BCUT2D eigenvalue weighted by Gasteiger charge is 2.29. The highest BCUT2D eigenvalue weighted by molar-refractivity contribution is 5.74. The molecule has 2 rings (SSSR count). The maximum Gasteiger partial charge on any atom is 0.416 e. The Labute approximate surface area is 125 Å². The standard InChI is InChI=1S/C16H15F3N2O/c17-16(18,19)13-7-5-11(6-8-13)10-1-3-12(4-2-10)14(20)9-15(21)22/h1-8,14H,9,20H2,(H2,21,22). The topological polar surface area (TPSA) is 69.1 Å². The van der Waals surface area contributed by atoms with Gasteiger partial charge in [-0.3, -0.25) is 4.79 Å². The van der Waals surface area contributed by atoms with Crippen LogP contribution >= 0.6 is 0 Å². The number of benzene rings is 2. The molecule has 2 aromatic carbocycles. The van der Waals surface area contributed by atoms with Gasteiger partial charge in [0.15, 0.2) is 0 Å². The minimum Gasteiger partial charge on any atom is -0.370 e. The molecule has 4 N–H and O–H groups in total. The summed E-state index contributed by atoms with van der Waals surface area (Å²) in [6.07, 6.45) is -4.30. The zero-order valence-corrected chi connectivity index (χ0v) is 11.6. The summed E-state index contributed by atoms with van der Waals surface area (Å²) in [5, 5.41) is 0. The lowest BCUT2D eigenvalue weighted by atomic mass is 9.99. The predicted molar refractivity (Wildman–Crippen MR) is 77.6 cm³/mol. The summed E-state index contributed by atoms with van der Waals surface area (Å²) in [7, 11) is 0. The van der Waals surface area contributed by atoms with Crippen LogP contribution in [0, 0.1) is 0 Å². The highest BCUT2D eigenvalue weighted by atomic mass is 19.4. The number of hydrogen-bond acceptors (Lipinski definition) is 2. The van der Waals surface area contributed by atoms with Crippen LogP contribution in [0.4, 0.5) is 13.2 Å². The molecule has 1 unspecified atom stereocenters. The minimum atomic E-state index is -4.34. The molecule has 0 bridgehead atoms. The van der Waals surface area contributed by atoms with E-state index >= 15 is 0 Å². The predicted octanol–water partition coefficient (Wildman–Crippen LogP) is 3.25. The van der Waals surface area contributed by atoms with Gasteiger partial charge in [-0.2, -0.15) is 13.2 Å². The van der Waals surface area contributed by atoms with Gasteiger partial charge in [0.25, 0.3) is 0 Å². The van der Waals surface area contributed by atoms with E-state index in [0.717, 1.165) is 23.3 Å². The second-order valence-electron chi connectivity index (χ2n) is 4.97. The van der Waals surface area contributed by atoms with Crippen molar-refractivity contribution in [3.63, 3.8) is 0 Å². The number of hydrogen-bond donors (Lipinski definition) is 2. The van der Waals surface area contributed by atoms with E-state index in [9.17, 15) is 18.0 Å². The second kappa shape index (κ2) is 6.19. The van der Waals surface area contributed by atoms with Gasteiger partial charge in [0.2, 0.25) is 5.91 Å². The normalized spacial score (nSPS) is 12.9. The first-order valence-electron chi connectivity index (χ1n) is 6.59. The number of carbonyl (C=O) groups is 1. The monoisotopic (exact) mass is 308 g/mol. The summed E-state index contributed by atoms with van der Waals surface area (Å²) >= 11 is 0. The van der Waals surface area contributed by atoms with Crippen LogP contribution in [0.25, 0.3) is 11.1 Å². The molecular weight excluding hydrogens is 293 g/mol. The SMILES string of the molecule is NC(=O)CC(N)c1ccc(-c2ccc(C(F)(F)F)cc2)cc1. The Morgan fingerprint density at radius 3 is 1.82 bits per heavy atom. The van der Waals surface area contributed by atoms with Crippen molar-refractivity contribution < 1.29 is 18.0 Å². The van der Waals surface area contributed by atoms with Crippen molar-refractivity contribution >= 4 is 5.91 Å². The lowest BCUT2D eigenvalue weighted by Gasteiger charge is -2.11. The first-order chi connectivity index (χ1) is 10.3. The zero-order valence-electron chi connectivity index (χ0n) is 11.6. The number of halogens is 3. The average molecular weight is 308 g/mol. The number of carbonyl (C=O) groups excluding carboxylic acids is 1. The van der Waals surface area contributed by atoms with E-state index in [1.165, 1.54) is 12.1 Å². The van der Waals surface area contributed by atoms with Crippen LogP contribution in [-0.2, 0) is 11.0 Å². The molecule has 1 amide bonds. The van der Waals surface area contributed by atoms with Gasteiger partial charge < -0.3 is 11.5 Å². The molecule has 3 nitrogen and oxygen atoms in total. The fourth-order valence-electron chi connectivity index (χ4n) is 2.11. The van der Waals surface area contributed by atoms with Crippen LogP contribution in [0.15, 0.2) is 48.5 Å². The highest BCUT2D eigenvalue weighted by Crippen LogP contribution is 2.31. The van der Waals surface area contributed by atoms with E-state index in [4.69, 9.17) is 11.5 Å². The molecule has 0 heterocycles. The van der Waals surface area contributed by atoms with Crippen LogP contribution in [-0.4, -0.2) is 5.91 Å². The summed E-state index contributed by atoms with van der Waals surface area (Å²) < 4.78 is 37.5. The quantitative estimate of drug-likeness (QED) is 0.910. The van der Waals surface area contributed by atoms with E-state index in [-0.39, 0.29) is 6.42 Å². The zero-order chi connectivity index (χ0) is 16.3. The number of nitrogens with two attached hydrogens (primary N) is 2. The Bertz CT molecular complexity index is 649. The van der Waals surface area contributed by atoms with Crippen molar-refractivity contribution in [1.29, 1.82) is 0 Å². The van der Waals surface area contributed by atoms with Crippen LogP contribution < -0.4 is 11.5 Å². The van der Waals surface area contributed by atoms with Gasteiger partial charge in [-0.25, -0.2) is 0 Å². The smallest absolute Gasteiger partial charge is 0.370 e. The molecule has 0 aliphatic rings. The number of primary amides is 1. The van der Waals surface area contributed by atoms with Gasteiger partial charge in [-0.05, 0) is 28.8 Å². The van der Waals surface area contributed by atoms with E-state index in [0.29, 0.717) is 5.56 Å². The van der Waals surface area contributed by atoms with Crippen LogP contribution in [0.2, 0.25) is 0 Å². The van der Waals surface area contributed by atoms with Gasteiger partial charge in [0.05, 0.1) is 5.56 Å². The summed E-state index contributed by atoms with van der Waals surface area (Å²) in [6, 6.07) is 11.4. The first-order valence-corrected chi connectivity index (χ1v) is 6.59. The van der Waals surface area contributed by atoms with Crippen molar-refractivity contribution in [3.05, 3.63) is 59.7 Å². The lowest BCUT2D eigenvalue weighted by Crippen LogP contribution is -2.20. The molecule has 22 heavy (non-hydrogen) atoms. The molecule has 0 radical (unpaired) electrons. The Morgan fingerprint density at radius 2 is 1.41 bits per heavy atom. The summed E-state index contributed by atoms with van der Waals surface area (Å²) in [6.45, 7) is 0. The van der Waals surface area contributed by atoms with Crippen molar-refractivity contribution in [2.75, 3.05) is 0 Å². The third-order valence-corrected chi connectivity index (χ3v) is 3.31. The third kappa shape index (κ3) is 3.85. The van der Waals surface area contributed by atoms with Gasteiger partial charge in [-0.15, -0.1) is 0 Å². The van der Waals surface area contributed by atoms with Crippen LogP contribution in [0.1, 0.15) is 23.6 Å². The molecule has 0 saturated carbocycles. The Hall–Kier alpha value is -2.34. The van der Waals surface area contributed by atoms with Gasteiger partial charge in [0.1, 0.15) is 0 Å². The van der Waals surface area contributed by atoms with E-state index in [1.54, 1.807) is 24.3 Å². The Morgan fingerprint density at radius 1 is 0.955 bits per heavy atom. The summed E-state index contributed by atoms with van der Waals surface area (Å²) in [5.41, 5.74) is 12.4. The number of alkyl halides is 3. The molecule has 0 aromatic heterocycles. The molecule has 6 heteroatoms. The van der Waals surface area contributed by atoms with Crippen molar-refractivity contribution in [3.8, 4) is 11.1 Å². The molecule has 0 aliphatic heterocycles. The fraction of sp³-hybridized carbons (Fsp3) is 0.188. The van der Waals surface area contributed by atoms with Crippen molar-refractivity contribution in [2.24, 2.45) is 11.5 Å². The lowest BCUT2D eigenvalue weighted by molar-refractivity contribution is -0.137. The third-order valence-electron chi connectivity index (χ3n) is 3.31. The van der Waals surface area contributed by atoms with E-state index in [1.807, 2.05) is 0 Å². The largest absolute Gasteiger partial charge is 0.416 e. The Balaban J connectivity index is 2.18. The molecule has 116 valence electrons. The van der Waals surface area contributed by atoms with E-state index in [2.05, 4.69) is 0 Å². The molecule has 0 saturated heterocycles. The Kier molecular flexibility index (Phi) is 4.51. The molecule has 0 aliphatic carbocycles. The molecule has 1 atom stereocenters. The molecule has 0 spiro atoms. The minimum absolute atomic E-state index is 0.0413. The maximum absolute atomic E-state index is 12.5. The first kappa shape index (κ1) is 16.0. The average Bonchev–Trinajstić information content (AvgIpc) is 2.46. The number of amides is 1. The van der Waals surface area contributed by atoms with Gasteiger partial charge in [0, 0.05) is 12.5 Å². The number of rotatable bonds is 4. The van der Waals surface area contributed by atoms with Crippen molar-refractivity contribution in [1.82, 2.24) is 0 Å². The van der Waals surface area contributed by atoms with Gasteiger partial charge in [-0.1, -0.05) is 36.4 Å². The summed E-state index contributed by atoms with van der Waals surface area (Å²) in [4.78, 5) is 10.8. The van der Waals surface area contributed by atoms with Gasteiger partial charge >= 0.3 is 6.18 Å². The van der Waals surface area contributed by atoms with Crippen LogP contribution in [0.5, 0.6) is 0 Å². The molecule has 2 aromatic rings. The molecular formula is C16H15F3N2O. The van der Waals surface area contributed by atoms with Crippen LogP contribution in [0.3, 0.4) is 0 Å². The second-order valence-corrected chi connectivity index (χ2v) is 4.97. The maximum atomic E-state index is 12.5. The van der Waals surface area contributed by atoms with E-state index < -0.39 is 23.7 Å². The summed E-state index contributed by atoms with van der Waals surface area (Å²) in [5.74, 6) is -0.487.